The number of pyridine rings is 2. The second kappa shape index (κ2) is 9.43. The van der Waals surface area contributed by atoms with Gasteiger partial charge in [0, 0.05) is 48.3 Å². The van der Waals surface area contributed by atoms with Crippen LogP contribution in [0.5, 0.6) is 0 Å². The Labute approximate surface area is 226 Å². The normalized spacial score (nSPS) is 16.9. The molecule has 2 amide bonds. The zero-order valence-corrected chi connectivity index (χ0v) is 21.9. The van der Waals surface area contributed by atoms with Crippen molar-refractivity contribution in [2.24, 2.45) is 0 Å². The number of carbonyl (C=O) groups excluding carboxylic acids is 2. The Morgan fingerprint density at radius 2 is 1.62 bits per heavy atom. The maximum atomic E-state index is 13.1. The summed E-state index contributed by atoms with van der Waals surface area (Å²) in [5.74, 6) is -0.448. The van der Waals surface area contributed by atoms with Crippen molar-refractivity contribution in [2.45, 2.75) is 38.4 Å². The second-order valence-corrected chi connectivity index (χ2v) is 10.5. The molecule has 0 fully saturated rings. The smallest absolute Gasteiger partial charge is 0.261 e. The van der Waals surface area contributed by atoms with Crippen molar-refractivity contribution in [3.63, 3.8) is 0 Å². The highest BCUT2D eigenvalue weighted by Crippen LogP contribution is 2.35. The van der Waals surface area contributed by atoms with E-state index in [1.807, 2.05) is 30.6 Å². The van der Waals surface area contributed by atoms with E-state index in [0.29, 0.717) is 30.8 Å². The van der Waals surface area contributed by atoms with E-state index in [2.05, 4.69) is 40.8 Å². The van der Waals surface area contributed by atoms with Crippen LogP contribution >= 0.6 is 0 Å². The van der Waals surface area contributed by atoms with Gasteiger partial charge in [-0.25, -0.2) is 0 Å². The third kappa shape index (κ3) is 3.84. The highest BCUT2D eigenvalue weighted by atomic mass is 16.2. The van der Waals surface area contributed by atoms with E-state index >= 15 is 0 Å². The van der Waals surface area contributed by atoms with Crippen LogP contribution in [0, 0.1) is 0 Å². The number of hydrogen-bond acceptors (Lipinski definition) is 5. The molecule has 0 saturated carbocycles. The number of fused-ring (bicyclic) bond motifs is 5. The molecule has 2 aliphatic rings. The van der Waals surface area contributed by atoms with Crippen molar-refractivity contribution in [1.29, 1.82) is 0 Å². The van der Waals surface area contributed by atoms with Gasteiger partial charge in [-0.3, -0.25) is 29.4 Å². The maximum Gasteiger partial charge on any atom is 0.261 e. The number of rotatable bonds is 6. The van der Waals surface area contributed by atoms with E-state index in [9.17, 15) is 9.59 Å². The third-order valence-electron chi connectivity index (χ3n) is 8.28. The first-order valence-corrected chi connectivity index (χ1v) is 13.6. The Balaban J connectivity index is 1.25. The molecule has 1 atom stereocenters. The first-order valence-electron chi connectivity index (χ1n) is 13.6. The van der Waals surface area contributed by atoms with Crippen molar-refractivity contribution in [3.05, 3.63) is 107 Å². The highest BCUT2D eigenvalue weighted by molar-refractivity contribution is 6.21. The first kappa shape index (κ1) is 23.7. The van der Waals surface area contributed by atoms with Gasteiger partial charge in [-0.2, -0.15) is 0 Å². The van der Waals surface area contributed by atoms with E-state index in [0.717, 1.165) is 46.8 Å². The number of aromatic nitrogens is 3. The molecule has 0 radical (unpaired) electrons. The molecule has 39 heavy (non-hydrogen) atoms. The molecule has 0 unspecified atom stereocenters. The molecule has 2 aromatic carbocycles. The lowest BCUT2D eigenvalue weighted by atomic mass is 9.91. The molecule has 1 aliphatic carbocycles. The average Bonchev–Trinajstić information content (AvgIpc) is 3.43. The molecular weight excluding hydrogens is 486 g/mol. The maximum absolute atomic E-state index is 13.1. The molecule has 1 aliphatic heterocycles. The van der Waals surface area contributed by atoms with E-state index in [4.69, 9.17) is 9.97 Å². The van der Waals surface area contributed by atoms with Crippen molar-refractivity contribution < 1.29 is 9.59 Å². The molecule has 0 bridgehead atoms. The summed E-state index contributed by atoms with van der Waals surface area (Å²) >= 11 is 0. The predicted molar refractivity (Wildman–Crippen MR) is 150 cm³/mol. The molecule has 5 aromatic rings. The molecule has 0 saturated heterocycles. The van der Waals surface area contributed by atoms with Crippen molar-refractivity contribution >= 4 is 33.6 Å². The molecule has 7 heteroatoms. The predicted octanol–water partition coefficient (Wildman–Crippen LogP) is 5.39. The lowest BCUT2D eigenvalue weighted by molar-refractivity contribution is 0.0650. The Kier molecular flexibility index (Phi) is 5.74. The standard InChI is InChI=1S/C32H29N5O2/c1-35(28-14-6-8-21-9-7-16-34-29(21)28)20-26-30-23(15-17-33-26)22-10-4-5-13-27(22)36(30)18-19-37-31(38)24-11-2-3-12-25(24)32(37)39/h2-5,7,9-13,15-17,28H,6,8,14,18-20H2,1H3/t28-/m0/s1. The SMILES string of the molecule is CN(Cc1nccc2c3ccccc3n(CCN3C(=O)c4ccccc4C3=O)c12)[C@H]1CCCc2cccnc21. The first-order chi connectivity index (χ1) is 19.1. The van der Waals surface area contributed by atoms with Crippen LogP contribution in [0.3, 0.4) is 0 Å². The summed E-state index contributed by atoms with van der Waals surface area (Å²) in [6.07, 6.45) is 7.07. The van der Waals surface area contributed by atoms with Gasteiger partial charge in [0.1, 0.15) is 0 Å². The Hall–Kier alpha value is -4.36. The zero-order valence-electron chi connectivity index (χ0n) is 21.9. The Morgan fingerprint density at radius 1 is 0.846 bits per heavy atom. The molecule has 3 aromatic heterocycles. The van der Waals surface area contributed by atoms with Gasteiger partial charge in [0.2, 0.25) is 0 Å². The van der Waals surface area contributed by atoms with Crippen LogP contribution < -0.4 is 0 Å². The third-order valence-corrected chi connectivity index (χ3v) is 8.28. The Morgan fingerprint density at radius 3 is 2.44 bits per heavy atom. The summed E-state index contributed by atoms with van der Waals surface area (Å²) in [7, 11) is 2.15. The number of amides is 2. The monoisotopic (exact) mass is 515 g/mol. The Bertz CT molecular complexity index is 1720. The van der Waals surface area contributed by atoms with Crippen LogP contribution in [0.1, 0.15) is 56.6 Å². The molecule has 7 nitrogen and oxygen atoms in total. The van der Waals surface area contributed by atoms with Gasteiger partial charge in [-0.05, 0) is 62.2 Å². The van der Waals surface area contributed by atoms with E-state index in [1.165, 1.54) is 16.2 Å². The summed E-state index contributed by atoms with van der Waals surface area (Å²) < 4.78 is 2.23. The second-order valence-electron chi connectivity index (χ2n) is 10.5. The summed E-state index contributed by atoms with van der Waals surface area (Å²) in [6, 6.07) is 21.9. The lowest BCUT2D eigenvalue weighted by Crippen LogP contribution is -2.33. The minimum atomic E-state index is -0.224. The highest BCUT2D eigenvalue weighted by Gasteiger charge is 2.35. The number of carbonyl (C=O) groups is 2. The minimum Gasteiger partial charge on any atom is -0.337 e. The van der Waals surface area contributed by atoms with Crippen LogP contribution in [0.15, 0.2) is 79.1 Å². The van der Waals surface area contributed by atoms with Gasteiger partial charge >= 0.3 is 0 Å². The number of aryl methyl sites for hydroxylation is 1. The van der Waals surface area contributed by atoms with Gasteiger partial charge < -0.3 is 4.57 Å². The van der Waals surface area contributed by atoms with E-state index in [-0.39, 0.29) is 17.9 Å². The largest absolute Gasteiger partial charge is 0.337 e. The van der Waals surface area contributed by atoms with Crippen LogP contribution in [0.2, 0.25) is 0 Å². The van der Waals surface area contributed by atoms with Crippen LogP contribution in [0.4, 0.5) is 0 Å². The van der Waals surface area contributed by atoms with Crippen molar-refractivity contribution in [2.75, 3.05) is 13.6 Å². The van der Waals surface area contributed by atoms with E-state index < -0.39 is 0 Å². The molecule has 194 valence electrons. The van der Waals surface area contributed by atoms with Gasteiger partial charge in [0.05, 0.1) is 34.1 Å². The number of benzene rings is 2. The minimum absolute atomic E-state index is 0.224. The van der Waals surface area contributed by atoms with Gasteiger partial charge in [-0.15, -0.1) is 0 Å². The average molecular weight is 516 g/mol. The molecular formula is C32H29N5O2. The fraction of sp³-hybridized carbons (Fsp3) is 0.250. The topological polar surface area (TPSA) is 71.3 Å². The van der Waals surface area contributed by atoms with E-state index in [1.54, 1.807) is 24.3 Å². The molecule has 0 spiro atoms. The number of imide groups is 1. The van der Waals surface area contributed by atoms with Gasteiger partial charge in [0.25, 0.3) is 11.8 Å². The summed E-state index contributed by atoms with van der Waals surface area (Å²) in [5, 5.41) is 2.28. The van der Waals surface area contributed by atoms with Gasteiger partial charge in [0.15, 0.2) is 0 Å². The zero-order chi connectivity index (χ0) is 26.5. The number of para-hydroxylation sites is 1. The van der Waals surface area contributed by atoms with Crippen LogP contribution in [-0.4, -0.2) is 49.7 Å². The van der Waals surface area contributed by atoms with Crippen LogP contribution in [-0.2, 0) is 19.5 Å². The molecule has 4 heterocycles. The molecule has 0 N–H and O–H groups in total. The number of hydrogen-bond donors (Lipinski definition) is 0. The van der Waals surface area contributed by atoms with Gasteiger partial charge in [-0.1, -0.05) is 36.4 Å². The van der Waals surface area contributed by atoms with Crippen LogP contribution in [0.25, 0.3) is 21.8 Å². The summed E-state index contributed by atoms with van der Waals surface area (Å²) in [6.45, 7) is 1.46. The van der Waals surface area contributed by atoms with Crippen molar-refractivity contribution in [1.82, 2.24) is 24.3 Å². The van der Waals surface area contributed by atoms with Crippen molar-refractivity contribution in [3.8, 4) is 0 Å². The quantitative estimate of drug-likeness (QED) is 0.284. The lowest BCUT2D eigenvalue weighted by Gasteiger charge is -2.32. The summed E-state index contributed by atoms with van der Waals surface area (Å²) in [4.78, 5) is 39.5. The number of nitrogens with zero attached hydrogens (tertiary/aromatic N) is 5. The molecule has 7 rings (SSSR count). The fourth-order valence-corrected chi connectivity index (χ4v) is 6.42. The summed E-state index contributed by atoms with van der Waals surface area (Å²) in [5.41, 5.74) is 6.58. The fourth-order valence-electron chi connectivity index (χ4n) is 6.42.